The maximum absolute atomic E-state index is 12.9. The Morgan fingerprint density at radius 3 is 2.38 bits per heavy atom. The lowest BCUT2D eigenvalue weighted by atomic mass is 9.76. The number of methoxy groups -OCH3 is 1. The molecule has 158 valence electrons. The molecule has 29 heavy (non-hydrogen) atoms. The molecule has 0 unspecified atom stereocenters. The van der Waals surface area contributed by atoms with Crippen LogP contribution in [-0.4, -0.2) is 42.5 Å². The summed E-state index contributed by atoms with van der Waals surface area (Å²) in [6.07, 6.45) is 4.14. The van der Waals surface area contributed by atoms with Crippen molar-refractivity contribution in [2.45, 2.75) is 51.0 Å². The van der Waals surface area contributed by atoms with Crippen LogP contribution in [0.15, 0.2) is 24.3 Å². The number of benzene rings is 1. The second-order valence-corrected chi connectivity index (χ2v) is 8.25. The summed E-state index contributed by atoms with van der Waals surface area (Å²) in [4.78, 5) is 38.3. The lowest BCUT2D eigenvalue weighted by Crippen LogP contribution is -2.58. The predicted molar refractivity (Wildman–Crippen MR) is 109 cm³/mol. The Bertz CT molecular complexity index is 765. The molecule has 0 spiro atoms. The largest absolute Gasteiger partial charge is 0.467 e. The zero-order valence-electron chi connectivity index (χ0n) is 17.1. The molecule has 1 saturated heterocycles. The van der Waals surface area contributed by atoms with Crippen LogP contribution in [-0.2, 0) is 14.3 Å². The number of carbonyl (C=O) groups is 2. The van der Waals surface area contributed by atoms with Gasteiger partial charge in [-0.25, -0.2) is 4.79 Å². The van der Waals surface area contributed by atoms with Crippen molar-refractivity contribution in [2.75, 3.05) is 25.1 Å². The topological polar surface area (TPSA) is 102 Å². The molecule has 0 atom stereocenters. The number of piperidine rings is 1. The molecule has 1 heterocycles. The highest BCUT2D eigenvalue weighted by molar-refractivity contribution is 5.89. The number of nitro benzene ring substituents is 1. The zero-order chi connectivity index (χ0) is 21.0. The third kappa shape index (κ3) is 4.52. The van der Waals surface area contributed by atoms with E-state index in [1.54, 1.807) is 18.2 Å². The van der Waals surface area contributed by atoms with Gasteiger partial charge in [-0.1, -0.05) is 19.1 Å². The number of hydrogen-bond acceptors (Lipinski definition) is 6. The average molecular weight is 403 g/mol. The van der Waals surface area contributed by atoms with Crippen molar-refractivity contribution < 1.29 is 19.2 Å². The predicted octanol–water partition coefficient (Wildman–Crippen LogP) is 3.05. The molecule has 0 bridgehead atoms. The summed E-state index contributed by atoms with van der Waals surface area (Å²) in [5, 5.41) is 14.3. The number of rotatable bonds is 5. The molecule has 1 saturated carbocycles. The zero-order valence-corrected chi connectivity index (χ0v) is 17.1. The van der Waals surface area contributed by atoms with Gasteiger partial charge < -0.3 is 15.0 Å². The van der Waals surface area contributed by atoms with Gasteiger partial charge in [-0.3, -0.25) is 14.9 Å². The number of nitrogens with zero attached hydrogens (tertiary/aromatic N) is 2. The molecule has 0 aromatic heterocycles. The number of carbonyl (C=O) groups excluding carboxylic acids is 2. The molecule has 1 amide bonds. The number of amides is 1. The summed E-state index contributed by atoms with van der Waals surface area (Å²) >= 11 is 0. The Labute approximate surface area is 170 Å². The van der Waals surface area contributed by atoms with Gasteiger partial charge in [0.25, 0.3) is 5.69 Å². The summed E-state index contributed by atoms with van der Waals surface area (Å²) in [6.45, 7) is 3.28. The first kappa shape index (κ1) is 21.1. The highest BCUT2D eigenvalue weighted by Gasteiger charge is 2.44. The van der Waals surface area contributed by atoms with Gasteiger partial charge >= 0.3 is 5.97 Å². The van der Waals surface area contributed by atoms with E-state index >= 15 is 0 Å². The Balaban J connectivity index is 1.64. The van der Waals surface area contributed by atoms with E-state index in [4.69, 9.17) is 4.74 Å². The minimum absolute atomic E-state index is 0.0800. The third-order valence-electron chi connectivity index (χ3n) is 6.35. The summed E-state index contributed by atoms with van der Waals surface area (Å²) in [6, 6.07) is 6.68. The van der Waals surface area contributed by atoms with Crippen LogP contribution >= 0.6 is 0 Å². The van der Waals surface area contributed by atoms with E-state index in [2.05, 4.69) is 12.2 Å². The standard InChI is InChI=1S/C21H29N3O5/c1-15-7-11-21(12-8-15,20(26)29-2)22-19(25)16-9-13-23(14-10-16)17-5-3-4-6-18(17)24(27)28/h3-6,15-16H,7-14H2,1-2H3,(H,22,25). The smallest absolute Gasteiger partial charge is 0.331 e. The second kappa shape index (κ2) is 8.80. The van der Waals surface area contributed by atoms with Gasteiger partial charge in [0.15, 0.2) is 0 Å². The van der Waals surface area contributed by atoms with Gasteiger partial charge in [-0.2, -0.15) is 0 Å². The minimum Gasteiger partial charge on any atom is -0.467 e. The minimum atomic E-state index is -0.923. The van der Waals surface area contributed by atoms with E-state index in [-0.39, 0.29) is 28.4 Å². The fourth-order valence-corrected chi connectivity index (χ4v) is 4.44. The molecule has 1 N–H and O–H groups in total. The Morgan fingerprint density at radius 2 is 1.79 bits per heavy atom. The van der Waals surface area contributed by atoms with Crippen LogP contribution in [0.4, 0.5) is 11.4 Å². The summed E-state index contributed by atoms with van der Waals surface area (Å²) in [5.41, 5.74) is -0.256. The molecule has 2 aliphatic rings. The number of anilines is 1. The van der Waals surface area contributed by atoms with Gasteiger partial charge in [-0.15, -0.1) is 0 Å². The fourth-order valence-electron chi connectivity index (χ4n) is 4.44. The molecular formula is C21H29N3O5. The number of hydrogen-bond donors (Lipinski definition) is 1. The average Bonchev–Trinajstić information content (AvgIpc) is 2.75. The fraction of sp³-hybridized carbons (Fsp3) is 0.619. The van der Waals surface area contributed by atoms with Crippen LogP contribution in [0.2, 0.25) is 0 Å². The first-order valence-corrected chi connectivity index (χ1v) is 10.2. The van der Waals surface area contributed by atoms with Crippen molar-refractivity contribution in [3.63, 3.8) is 0 Å². The maximum atomic E-state index is 12.9. The second-order valence-electron chi connectivity index (χ2n) is 8.25. The number of nitrogens with one attached hydrogen (secondary N) is 1. The van der Waals surface area contributed by atoms with E-state index in [9.17, 15) is 19.7 Å². The van der Waals surface area contributed by atoms with Crippen LogP contribution in [0.25, 0.3) is 0 Å². The van der Waals surface area contributed by atoms with Crippen LogP contribution in [0.5, 0.6) is 0 Å². The molecule has 1 aromatic carbocycles. The molecule has 1 aliphatic carbocycles. The number of para-hydroxylation sites is 2. The van der Waals surface area contributed by atoms with Crippen LogP contribution < -0.4 is 10.2 Å². The Hall–Kier alpha value is -2.64. The molecule has 1 aliphatic heterocycles. The SMILES string of the molecule is COC(=O)C1(NC(=O)C2CCN(c3ccccc3[N+](=O)[O-])CC2)CCC(C)CC1. The molecule has 3 rings (SSSR count). The van der Waals surface area contributed by atoms with Crippen molar-refractivity contribution in [1.82, 2.24) is 5.32 Å². The van der Waals surface area contributed by atoms with Crippen molar-refractivity contribution in [3.05, 3.63) is 34.4 Å². The molecule has 1 aromatic rings. The molecule has 8 heteroatoms. The van der Waals surface area contributed by atoms with E-state index in [0.29, 0.717) is 50.4 Å². The van der Waals surface area contributed by atoms with Gasteiger partial charge in [-0.05, 0) is 50.5 Å². The summed E-state index contributed by atoms with van der Waals surface area (Å²) in [5.74, 6) is -0.160. The lowest BCUT2D eigenvalue weighted by Gasteiger charge is -2.39. The van der Waals surface area contributed by atoms with Gasteiger partial charge in [0.05, 0.1) is 12.0 Å². The first-order chi connectivity index (χ1) is 13.9. The Kier molecular flexibility index (Phi) is 6.39. The lowest BCUT2D eigenvalue weighted by molar-refractivity contribution is -0.384. The van der Waals surface area contributed by atoms with Crippen molar-refractivity contribution in [1.29, 1.82) is 0 Å². The normalized spacial score (nSPS) is 25.3. The van der Waals surface area contributed by atoms with Gasteiger partial charge in [0.2, 0.25) is 5.91 Å². The number of nitro groups is 1. The van der Waals surface area contributed by atoms with Crippen molar-refractivity contribution in [2.24, 2.45) is 11.8 Å². The number of ether oxygens (including phenoxy) is 1. The van der Waals surface area contributed by atoms with Gasteiger partial charge in [0.1, 0.15) is 11.2 Å². The Morgan fingerprint density at radius 1 is 1.17 bits per heavy atom. The van der Waals surface area contributed by atoms with E-state index in [0.717, 1.165) is 12.8 Å². The molecule has 0 radical (unpaired) electrons. The summed E-state index contributed by atoms with van der Waals surface area (Å²) < 4.78 is 5.00. The van der Waals surface area contributed by atoms with E-state index in [1.165, 1.54) is 13.2 Å². The molecular weight excluding hydrogens is 374 g/mol. The van der Waals surface area contributed by atoms with Crippen LogP contribution in [0.1, 0.15) is 45.4 Å². The van der Waals surface area contributed by atoms with Crippen LogP contribution in [0, 0.1) is 22.0 Å². The van der Waals surface area contributed by atoms with Gasteiger partial charge in [0, 0.05) is 25.1 Å². The number of esters is 1. The monoisotopic (exact) mass is 403 g/mol. The van der Waals surface area contributed by atoms with Crippen molar-refractivity contribution in [3.8, 4) is 0 Å². The van der Waals surface area contributed by atoms with Crippen molar-refractivity contribution >= 4 is 23.3 Å². The molecule has 2 fully saturated rings. The van der Waals surface area contributed by atoms with E-state index in [1.807, 2.05) is 4.90 Å². The third-order valence-corrected chi connectivity index (χ3v) is 6.35. The highest BCUT2D eigenvalue weighted by Crippen LogP contribution is 2.35. The highest BCUT2D eigenvalue weighted by atomic mass is 16.6. The maximum Gasteiger partial charge on any atom is 0.331 e. The molecule has 8 nitrogen and oxygen atoms in total. The quantitative estimate of drug-likeness (QED) is 0.461. The van der Waals surface area contributed by atoms with Crippen LogP contribution in [0.3, 0.4) is 0 Å². The van der Waals surface area contributed by atoms with E-state index < -0.39 is 5.54 Å². The summed E-state index contributed by atoms with van der Waals surface area (Å²) in [7, 11) is 1.36. The first-order valence-electron chi connectivity index (χ1n) is 10.2.